The van der Waals surface area contributed by atoms with Crippen molar-refractivity contribution in [3.05, 3.63) is 57.9 Å². The Morgan fingerprint density at radius 3 is 2.22 bits per heavy atom. The number of hydrogen-bond donors (Lipinski definition) is 1. The van der Waals surface area contributed by atoms with Crippen LogP contribution in [0.1, 0.15) is 56.7 Å². The smallest absolute Gasteiger partial charge is 0.256 e. The summed E-state index contributed by atoms with van der Waals surface area (Å²) < 4.78 is 2.00. The van der Waals surface area contributed by atoms with Gasteiger partial charge in [0, 0.05) is 17.1 Å². The summed E-state index contributed by atoms with van der Waals surface area (Å²) in [6.07, 6.45) is 4.54. The van der Waals surface area contributed by atoms with E-state index in [9.17, 15) is 4.79 Å². The predicted octanol–water partition coefficient (Wildman–Crippen LogP) is 4.13. The van der Waals surface area contributed by atoms with Gasteiger partial charge in [-0.25, -0.2) is 0 Å². The van der Waals surface area contributed by atoms with E-state index in [1.807, 2.05) is 24.5 Å². The molecule has 0 bridgehead atoms. The van der Waals surface area contributed by atoms with Crippen molar-refractivity contribution in [2.75, 3.05) is 0 Å². The molecule has 1 aliphatic rings. The van der Waals surface area contributed by atoms with Gasteiger partial charge in [-0.3, -0.25) is 4.79 Å². The highest BCUT2D eigenvalue weighted by Crippen LogP contribution is 2.33. The first-order valence-electron chi connectivity index (χ1n) is 8.50. The van der Waals surface area contributed by atoms with Crippen LogP contribution in [0.2, 0.25) is 0 Å². The number of benzene rings is 1. The van der Waals surface area contributed by atoms with Gasteiger partial charge in [0.15, 0.2) is 0 Å². The van der Waals surface area contributed by atoms with Gasteiger partial charge >= 0.3 is 0 Å². The second-order valence-electron chi connectivity index (χ2n) is 7.33. The summed E-state index contributed by atoms with van der Waals surface area (Å²) in [7, 11) is 0. The molecule has 1 saturated carbocycles. The minimum absolute atomic E-state index is 0.0717. The molecule has 3 heteroatoms. The summed E-state index contributed by atoms with van der Waals surface area (Å²) in [6.45, 7) is 5.87. The van der Waals surface area contributed by atoms with Gasteiger partial charge in [-0.2, -0.15) is 0 Å². The van der Waals surface area contributed by atoms with Crippen molar-refractivity contribution in [1.82, 2.24) is 4.57 Å². The zero-order valence-corrected chi connectivity index (χ0v) is 14.3. The zero-order chi connectivity index (χ0) is 16.6. The van der Waals surface area contributed by atoms with E-state index in [-0.39, 0.29) is 5.56 Å². The lowest BCUT2D eigenvalue weighted by molar-refractivity contribution is 0.482. The maximum atomic E-state index is 13.1. The van der Waals surface area contributed by atoms with Crippen LogP contribution < -0.4 is 11.3 Å². The summed E-state index contributed by atoms with van der Waals surface area (Å²) in [4.78, 5) is 13.1. The van der Waals surface area contributed by atoms with Gasteiger partial charge in [0.05, 0.1) is 5.69 Å². The van der Waals surface area contributed by atoms with Crippen LogP contribution >= 0.6 is 0 Å². The normalized spacial score (nSPS) is 16.0. The highest BCUT2D eigenvalue weighted by Gasteiger charge is 2.26. The minimum atomic E-state index is -0.622. The molecule has 0 unspecified atom stereocenters. The highest BCUT2D eigenvalue weighted by molar-refractivity contribution is 5.60. The Hall–Kier alpha value is -1.87. The van der Waals surface area contributed by atoms with Crippen LogP contribution in [0, 0.1) is 6.92 Å². The van der Waals surface area contributed by atoms with Crippen molar-refractivity contribution in [3.63, 3.8) is 0 Å². The Labute approximate surface area is 138 Å². The van der Waals surface area contributed by atoms with Crippen LogP contribution in [-0.4, -0.2) is 4.57 Å². The Morgan fingerprint density at radius 2 is 1.65 bits per heavy atom. The van der Waals surface area contributed by atoms with Crippen molar-refractivity contribution in [2.45, 2.75) is 58.0 Å². The van der Waals surface area contributed by atoms with Crippen LogP contribution in [0.4, 0.5) is 0 Å². The van der Waals surface area contributed by atoms with Crippen molar-refractivity contribution in [3.8, 4) is 11.3 Å². The minimum Gasteiger partial charge on any atom is -0.322 e. The molecule has 23 heavy (non-hydrogen) atoms. The lowest BCUT2D eigenvalue weighted by Gasteiger charge is -2.25. The molecule has 0 spiro atoms. The molecule has 0 saturated heterocycles. The molecule has 0 amide bonds. The predicted molar refractivity (Wildman–Crippen MR) is 95.6 cm³/mol. The lowest BCUT2D eigenvalue weighted by atomic mass is 9.95. The fourth-order valence-electron chi connectivity index (χ4n) is 3.53. The topological polar surface area (TPSA) is 48.0 Å². The first kappa shape index (κ1) is 16.0. The van der Waals surface area contributed by atoms with E-state index in [0.717, 1.165) is 24.1 Å². The average molecular weight is 310 g/mol. The van der Waals surface area contributed by atoms with E-state index in [0.29, 0.717) is 11.6 Å². The molecular formula is C20H26N2O. The number of aromatic nitrogens is 1. The maximum Gasteiger partial charge on any atom is 0.256 e. The van der Waals surface area contributed by atoms with Gasteiger partial charge < -0.3 is 10.3 Å². The van der Waals surface area contributed by atoms with E-state index in [1.54, 1.807) is 0 Å². The quantitative estimate of drug-likeness (QED) is 0.926. The van der Waals surface area contributed by atoms with Gasteiger partial charge in [0.1, 0.15) is 0 Å². The second kappa shape index (κ2) is 5.97. The molecule has 1 aromatic heterocycles. The van der Waals surface area contributed by atoms with Crippen LogP contribution in [0.5, 0.6) is 0 Å². The number of rotatable bonds is 3. The van der Waals surface area contributed by atoms with E-state index in [2.05, 4.69) is 37.3 Å². The van der Waals surface area contributed by atoms with Gasteiger partial charge in [-0.05, 0) is 51.3 Å². The third-order valence-corrected chi connectivity index (χ3v) is 4.85. The molecule has 0 aliphatic heterocycles. The number of nitrogens with two attached hydrogens (primary N) is 1. The molecule has 1 aromatic carbocycles. The largest absolute Gasteiger partial charge is 0.322 e. The van der Waals surface area contributed by atoms with Crippen molar-refractivity contribution < 1.29 is 0 Å². The number of pyridine rings is 1. The fraction of sp³-hybridized carbons (Fsp3) is 0.450. The van der Waals surface area contributed by atoms with Crippen LogP contribution in [0.3, 0.4) is 0 Å². The van der Waals surface area contributed by atoms with Crippen molar-refractivity contribution in [1.29, 1.82) is 0 Å². The van der Waals surface area contributed by atoms with Crippen molar-refractivity contribution in [2.24, 2.45) is 5.73 Å². The van der Waals surface area contributed by atoms with Gasteiger partial charge in [-0.15, -0.1) is 0 Å². The molecule has 2 aromatic rings. The molecular weight excluding hydrogens is 284 g/mol. The van der Waals surface area contributed by atoms with Crippen molar-refractivity contribution >= 4 is 0 Å². The van der Waals surface area contributed by atoms with Gasteiger partial charge in [0.2, 0.25) is 0 Å². The number of hydrogen-bond acceptors (Lipinski definition) is 2. The van der Waals surface area contributed by atoms with Crippen LogP contribution in [0.15, 0.2) is 41.2 Å². The fourth-order valence-corrected chi connectivity index (χ4v) is 3.53. The third kappa shape index (κ3) is 3.11. The molecule has 3 rings (SSSR count). The summed E-state index contributed by atoms with van der Waals surface area (Å²) in [6, 6.07) is 12.7. The first-order valence-corrected chi connectivity index (χ1v) is 8.50. The van der Waals surface area contributed by atoms with E-state index < -0.39 is 5.54 Å². The molecule has 122 valence electrons. The monoisotopic (exact) mass is 310 g/mol. The Morgan fingerprint density at radius 1 is 1.04 bits per heavy atom. The summed E-state index contributed by atoms with van der Waals surface area (Å²) in [5.41, 5.74) is 9.70. The average Bonchev–Trinajstić information content (AvgIpc) is 3.00. The second-order valence-corrected chi connectivity index (χ2v) is 7.33. The van der Waals surface area contributed by atoms with Crippen LogP contribution in [0.25, 0.3) is 11.3 Å². The molecule has 1 heterocycles. The van der Waals surface area contributed by atoms with E-state index >= 15 is 0 Å². The molecule has 1 aliphatic carbocycles. The summed E-state index contributed by atoms with van der Waals surface area (Å²) >= 11 is 0. The first-order chi connectivity index (χ1) is 10.9. The Balaban J connectivity index is 2.21. The summed E-state index contributed by atoms with van der Waals surface area (Å²) in [5.74, 6) is 0. The number of aryl methyl sites for hydroxylation is 1. The van der Waals surface area contributed by atoms with Crippen LogP contribution in [-0.2, 0) is 5.54 Å². The van der Waals surface area contributed by atoms with E-state index in [4.69, 9.17) is 5.73 Å². The Bertz CT molecular complexity index is 745. The SMILES string of the molecule is Cc1ccc(-c2ccc(C(C)(C)N)c(=O)n2C2CCCC2)cc1. The zero-order valence-electron chi connectivity index (χ0n) is 14.3. The Kier molecular flexibility index (Phi) is 4.15. The molecule has 0 atom stereocenters. The maximum absolute atomic E-state index is 13.1. The lowest BCUT2D eigenvalue weighted by Crippen LogP contribution is -2.39. The number of nitrogens with zero attached hydrogens (tertiary/aromatic N) is 1. The molecule has 1 fully saturated rings. The van der Waals surface area contributed by atoms with E-state index in [1.165, 1.54) is 18.4 Å². The standard InChI is InChI=1S/C20H26N2O/c1-14-8-10-15(11-9-14)18-13-12-17(20(2,3)21)19(23)22(18)16-6-4-5-7-16/h8-13,16H,4-7,21H2,1-3H3. The highest BCUT2D eigenvalue weighted by atomic mass is 16.1. The molecule has 3 nitrogen and oxygen atoms in total. The summed E-state index contributed by atoms with van der Waals surface area (Å²) in [5, 5.41) is 0. The molecule has 0 radical (unpaired) electrons. The van der Waals surface area contributed by atoms with Gasteiger partial charge in [-0.1, -0.05) is 42.7 Å². The van der Waals surface area contributed by atoms with Gasteiger partial charge in [0.25, 0.3) is 5.56 Å². The molecule has 2 N–H and O–H groups in total. The third-order valence-electron chi connectivity index (χ3n) is 4.85.